The first-order chi connectivity index (χ1) is 15.7. The van der Waals surface area contributed by atoms with Gasteiger partial charge in [-0.25, -0.2) is 4.79 Å². The van der Waals surface area contributed by atoms with Gasteiger partial charge in [0.1, 0.15) is 23.4 Å². The van der Waals surface area contributed by atoms with E-state index < -0.39 is 35.6 Å². The van der Waals surface area contributed by atoms with Gasteiger partial charge in [0.25, 0.3) is 5.91 Å². The van der Waals surface area contributed by atoms with Crippen molar-refractivity contribution in [3.05, 3.63) is 58.1 Å². The predicted molar refractivity (Wildman–Crippen MR) is 132 cm³/mol. The van der Waals surface area contributed by atoms with Crippen molar-refractivity contribution in [3.63, 3.8) is 0 Å². The van der Waals surface area contributed by atoms with Crippen LogP contribution in [-0.4, -0.2) is 46.6 Å². The van der Waals surface area contributed by atoms with E-state index >= 15 is 0 Å². The van der Waals surface area contributed by atoms with Crippen LogP contribution in [0.1, 0.15) is 50.4 Å². The Morgan fingerprint density at radius 2 is 1.65 bits per heavy atom. The fourth-order valence-electron chi connectivity index (χ4n) is 3.39. The lowest BCUT2D eigenvalue weighted by atomic mass is 9.99. The van der Waals surface area contributed by atoms with Crippen molar-refractivity contribution in [1.29, 1.82) is 0 Å². The third-order valence-corrected chi connectivity index (χ3v) is 5.44. The van der Waals surface area contributed by atoms with E-state index in [2.05, 4.69) is 10.6 Å². The van der Waals surface area contributed by atoms with Gasteiger partial charge in [0, 0.05) is 12.6 Å². The predicted octanol–water partition coefficient (Wildman–Crippen LogP) is 4.71. The second kappa shape index (κ2) is 10.8. The highest BCUT2D eigenvalue weighted by Crippen LogP contribution is 2.33. The van der Waals surface area contributed by atoms with Crippen molar-refractivity contribution < 1.29 is 24.2 Å². The number of carbonyl (C=O) groups is 3. The molecular weight excluding hydrogens is 458 g/mol. The number of amides is 3. The largest absolute Gasteiger partial charge is 0.507 e. The number of para-hydroxylation sites is 2. The quantitative estimate of drug-likeness (QED) is 0.544. The van der Waals surface area contributed by atoms with Crippen molar-refractivity contribution in [1.82, 2.24) is 10.2 Å². The zero-order chi connectivity index (χ0) is 25.8. The Balaban J connectivity index is 2.39. The summed E-state index contributed by atoms with van der Waals surface area (Å²) in [6.45, 7) is 10.1. The number of hydrogen-bond donors (Lipinski definition) is 3. The van der Waals surface area contributed by atoms with Crippen LogP contribution in [-0.2, 0) is 14.3 Å². The molecule has 8 nitrogen and oxygen atoms in total. The second-order valence-electron chi connectivity index (χ2n) is 9.15. The maximum Gasteiger partial charge on any atom is 0.408 e. The average Bonchev–Trinajstić information content (AvgIpc) is 2.72. The number of anilines is 1. The van der Waals surface area contributed by atoms with Crippen LogP contribution < -0.4 is 10.6 Å². The number of alkyl carbamates (subject to hydrolysis) is 1. The number of phenolic OH excluding ortho intramolecular Hbond substituents is 1. The van der Waals surface area contributed by atoms with Gasteiger partial charge >= 0.3 is 6.09 Å². The molecule has 9 heteroatoms. The summed E-state index contributed by atoms with van der Waals surface area (Å²) in [5.41, 5.74) is 1.20. The maximum absolute atomic E-state index is 13.5. The average molecular weight is 490 g/mol. The number of halogens is 1. The molecule has 0 saturated heterocycles. The fourth-order valence-corrected chi connectivity index (χ4v) is 3.66. The van der Waals surface area contributed by atoms with Crippen LogP contribution in [0.25, 0.3) is 0 Å². The van der Waals surface area contributed by atoms with Crippen molar-refractivity contribution >= 4 is 35.2 Å². The van der Waals surface area contributed by atoms with E-state index in [-0.39, 0.29) is 11.3 Å². The Morgan fingerprint density at radius 1 is 1.06 bits per heavy atom. The number of ether oxygens (including phenoxy) is 1. The Kier molecular flexibility index (Phi) is 8.56. The van der Waals surface area contributed by atoms with Crippen LogP contribution in [0.2, 0.25) is 5.02 Å². The highest BCUT2D eigenvalue weighted by Gasteiger charge is 2.34. The van der Waals surface area contributed by atoms with Crippen molar-refractivity contribution in [3.8, 4) is 5.75 Å². The Labute approximate surface area is 205 Å². The third kappa shape index (κ3) is 6.63. The van der Waals surface area contributed by atoms with Crippen LogP contribution in [0.3, 0.4) is 0 Å². The minimum atomic E-state index is -1.20. The lowest BCUT2D eigenvalue weighted by Gasteiger charge is -2.31. The number of nitrogens with one attached hydrogen (secondary N) is 2. The Morgan fingerprint density at radius 3 is 2.24 bits per heavy atom. The lowest BCUT2D eigenvalue weighted by Crippen LogP contribution is -2.49. The normalized spacial score (nSPS) is 12.9. The van der Waals surface area contributed by atoms with Crippen LogP contribution in [0.5, 0.6) is 5.75 Å². The van der Waals surface area contributed by atoms with Crippen LogP contribution in [0, 0.1) is 13.8 Å². The SMILES string of the molecule is Cc1cccc(C(C(=O)Nc2c(C)cccc2Cl)N(C)C(=O)C(C)NC(=O)OC(C)(C)C)c1O. The van der Waals surface area contributed by atoms with E-state index in [1.807, 2.05) is 0 Å². The number of aryl methyl sites for hydroxylation is 2. The molecule has 184 valence electrons. The van der Waals surface area contributed by atoms with Crippen molar-refractivity contribution in [2.24, 2.45) is 0 Å². The van der Waals surface area contributed by atoms with E-state index in [1.54, 1.807) is 71.0 Å². The molecule has 2 aromatic rings. The molecule has 2 aromatic carbocycles. The Hall–Kier alpha value is -3.26. The Bertz CT molecular complexity index is 1060. The third-order valence-electron chi connectivity index (χ3n) is 5.12. The molecule has 0 aromatic heterocycles. The molecule has 0 aliphatic heterocycles. The highest BCUT2D eigenvalue weighted by atomic mass is 35.5. The summed E-state index contributed by atoms with van der Waals surface area (Å²) in [5, 5.41) is 16.3. The zero-order valence-electron chi connectivity index (χ0n) is 20.5. The summed E-state index contributed by atoms with van der Waals surface area (Å²) in [6.07, 6.45) is -0.757. The van der Waals surface area contributed by atoms with E-state index in [1.165, 1.54) is 18.9 Å². The molecule has 0 radical (unpaired) electrons. The molecule has 2 atom stereocenters. The van der Waals surface area contributed by atoms with Gasteiger partial charge in [-0.15, -0.1) is 0 Å². The minimum absolute atomic E-state index is 0.106. The van der Waals surface area contributed by atoms with Gasteiger partial charge in [-0.2, -0.15) is 0 Å². The molecular formula is C25H32ClN3O5. The number of nitrogens with zero attached hydrogens (tertiary/aromatic N) is 1. The summed E-state index contributed by atoms with van der Waals surface area (Å²) in [6, 6.07) is 7.95. The molecule has 0 saturated carbocycles. The van der Waals surface area contributed by atoms with E-state index in [9.17, 15) is 19.5 Å². The number of rotatable bonds is 6. The highest BCUT2D eigenvalue weighted by molar-refractivity contribution is 6.34. The molecule has 0 bridgehead atoms. The van der Waals surface area contributed by atoms with Gasteiger partial charge in [-0.1, -0.05) is 41.9 Å². The first kappa shape index (κ1) is 27.0. The molecule has 0 heterocycles. The maximum atomic E-state index is 13.5. The van der Waals surface area contributed by atoms with E-state index in [0.29, 0.717) is 16.3 Å². The number of phenols is 1. The molecule has 34 heavy (non-hydrogen) atoms. The zero-order valence-corrected chi connectivity index (χ0v) is 21.3. The number of likely N-dealkylation sites (N-methyl/N-ethyl adjacent to an activating group) is 1. The minimum Gasteiger partial charge on any atom is -0.507 e. The van der Waals surface area contributed by atoms with Crippen LogP contribution >= 0.6 is 11.6 Å². The molecule has 3 N–H and O–H groups in total. The standard InChI is InChI=1S/C25H32ClN3O5/c1-14-10-9-13-18(26)19(14)28-22(31)20(17-12-8-11-15(2)21(17)30)29(7)23(32)16(3)27-24(33)34-25(4,5)6/h8-13,16,20,30H,1-7H3,(H,27,33)(H,28,31). The summed E-state index contributed by atoms with van der Waals surface area (Å²) in [5.74, 6) is -1.23. The molecule has 3 amide bonds. The van der Waals surface area contributed by atoms with Crippen LogP contribution in [0.4, 0.5) is 10.5 Å². The van der Waals surface area contributed by atoms with Crippen molar-refractivity contribution in [2.45, 2.75) is 59.2 Å². The van der Waals surface area contributed by atoms with E-state index in [4.69, 9.17) is 16.3 Å². The topological polar surface area (TPSA) is 108 Å². The van der Waals surface area contributed by atoms with Gasteiger partial charge in [0.2, 0.25) is 5.91 Å². The molecule has 2 unspecified atom stereocenters. The van der Waals surface area contributed by atoms with Gasteiger partial charge in [0.15, 0.2) is 0 Å². The van der Waals surface area contributed by atoms with Gasteiger partial charge in [-0.05, 0) is 58.7 Å². The molecule has 2 rings (SSSR count). The first-order valence-electron chi connectivity index (χ1n) is 10.8. The van der Waals surface area contributed by atoms with E-state index in [0.717, 1.165) is 5.56 Å². The monoisotopic (exact) mass is 489 g/mol. The number of hydrogen-bond acceptors (Lipinski definition) is 5. The molecule has 0 aliphatic rings. The van der Waals surface area contributed by atoms with Crippen LogP contribution in [0.15, 0.2) is 36.4 Å². The number of benzene rings is 2. The smallest absolute Gasteiger partial charge is 0.408 e. The number of aromatic hydroxyl groups is 1. The molecule has 0 fully saturated rings. The summed E-state index contributed by atoms with van der Waals surface area (Å²) in [7, 11) is 1.43. The fraction of sp³-hybridized carbons (Fsp3) is 0.400. The summed E-state index contributed by atoms with van der Waals surface area (Å²) >= 11 is 6.28. The van der Waals surface area contributed by atoms with Gasteiger partial charge in [-0.3, -0.25) is 9.59 Å². The van der Waals surface area contributed by atoms with Crippen molar-refractivity contribution in [2.75, 3.05) is 12.4 Å². The summed E-state index contributed by atoms with van der Waals surface area (Å²) < 4.78 is 5.22. The molecule has 0 aliphatic carbocycles. The molecule has 0 spiro atoms. The van der Waals surface area contributed by atoms with Gasteiger partial charge < -0.3 is 25.4 Å². The first-order valence-corrected chi connectivity index (χ1v) is 11.2. The summed E-state index contributed by atoms with van der Waals surface area (Å²) in [4.78, 5) is 40.0. The lowest BCUT2D eigenvalue weighted by molar-refractivity contribution is -0.138. The van der Waals surface area contributed by atoms with Gasteiger partial charge in [0.05, 0.1) is 10.7 Å². The number of carbonyl (C=O) groups excluding carboxylic acids is 3. The second-order valence-corrected chi connectivity index (χ2v) is 9.56.